The summed E-state index contributed by atoms with van der Waals surface area (Å²) in [4.78, 5) is 30.0. The van der Waals surface area contributed by atoms with Gasteiger partial charge in [-0.15, -0.1) is 11.3 Å². The van der Waals surface area contributed by atoms with Crippen LogP contribution in [-0.4, -0.2) is 16.8 Å². The number of aromatic nitrogens is 1. The summed E-state index contributed by atoms with van der Waals surface area (Å²) in [6.07, 6.45) is 0. The molecule has 6 nitrogen and oxygen atoms in total. The van der Waals surface area contributed by atoms with Gasteiger partial charge in [0.2, 0.25) is 0 Å². The number of benzene rings is 2. The van der Waals surface area contributed by atoms with Crippen molar-refractivity contribution < 1.29 is 9.59 Å². The largest absolute Gasteiger partial charge is 0.364 e. The van der Waals surface area contributed by atoms with E-state index in [1.165, 1.54) is 22.7 Å². The summed E-state index contributed by atoms with van der Waals surface area (Å²) >= 11 is 2.55. The molecule has 4 aromatic rings. The van der Waals surface area contributed by atoms with Crippen LogP contribution in [0.2, 0.25) is 0 Å². The van der Waals surface area contributed by atoms with Crippen molar-refractivity contribution in [2.24, 2.45) is 5.73 Å². The molecule has 0 fully saturated rings. The first-order valence-corrected chi connectivity index (χ1v) is 10.1. The minimum absolute atomic E-state index is 0.0370. The number of carbonyl (C=O) groups is 2. The third-order valence-corrected chi connectivity index (χ3v) is 5.94. The zero-order valence-electron chi connectivity index (χ0n) is 14.9. The van der Waals surface area contributed by atoms with E-state index >= 15 is 0 Å². The Bertz CT molecular complexity index is 1200. The minimum Gasteiger partial charge on any atom is -0.364 e. The number of fused-ring (bicyclic) bond motifs is 1. The van der Waals surface area contributed by atoms with E-state index in [2.05, 4.69) is 15.6 Å². The number of nitrogens with two attached hydrogens (primary N) is 1. The zero-order chi connectivity index (χ0) is 19.7. The highest BCUT2D eigenvalue weighted by molar-refractivity contribution is 7.20. The van der Waals surface area contributed by atoms with Gasteiger partial charge in [-0.2, -0.15) is 0 Å². The average Bonchev–Trinajstić information content (AvgIpc) is 3.28. The van der Waals surface area contributed by atoms with E-state index in [9.17, 15) is 9.59 Å². The van der Waals surface area contributed by atoms with Crippen molar-refractivity contribution in [3.8, 4) is 0 Å². The highest BCUT2D eigenvalue weighted by atomic mass is 32.1. The standard InChI is InChI=1S/C20H16N4O2S2/c1-11-6-9-15(27-11)18(26)24-19-16(17(21)25)23-20(28-19)22-14-8-7-12-4-2-3-5-13(12)10-14/h2-10H,1H3,(H2,21,25)(H,22,23)(H,24,26). The molecular weight excluding hydrogens is 392 g/mol. The molecule has 140 valence electrons. The van der Waals surface area contributed by atoms with Gasteiger partial charge in [-0.3, -0.25) is 9.59 Å². The molecule has 0 atom stereocenters. The molecule has 0 aliphatic rings. The number of hydrogen-bond donors (Lipinski definition) is 3. The zero-order valence-corrected chi connectivity index (χ0v) is 16.5. The molecule has 0 aliphatic carbocycles. The van der Waals surface area contributed by atoms with E-state index in [0.29, 0.717) is 15.0 Å². The summed E-state index contributed by atoms with van der Waals surface area (Å²) in [5, 5.41) is 8.94. The molecule has 0 saturated carbocycles. The molecule has 2 heterocycles. The van der Waals surface area contributed by atoms with Gasteiger partial charge >= 0.3 is 0 Å². The lowest BCUT2D eigenvalue weighted by Gasteiger charge is -2.04. The van der Waals surface area contributed by atoms with Crippen LogP contribution in [0.5, 0.6) is 0 Å². The van der Waals surface area contributed by atoms with Crippen LogP contribution in [0.4, 0.5) is 15.8 Å². The summed E-state index contributed by atoms with van der Waals surface area (Å²) in [5.41, 5.74) is 6.31. The third-order valence-electron chi connectivity index (χ3n) is 4.05. The molecule has 0 radical (unpaired) electrons. The molecule has 28 heavy (non-hydrogen) atoms. The van der Waals surface area contributed by atoms with Gasteiger partial charge in [-0.25, -0.2) is 4.98 Å². The summed E-state index contributed by atoms with van der Waals surface area (Å²) < 4.78 is 0. The average molecular weight is 409 g/mol. The van der Waals surface area contributed by atoms with E-state index in [1.54, 1.807) is 6.07 Å². The monoisotopic (exact) mass is 408 g/mol. The Kier molecular flexibility index (Phi) is 4.81. The predicted molar refractivity (Wildman–Crippen MR) is 115 cm³/mol. The topological polar surface area (TPSA) is 97.1 Å². The Morgan fingerprint density at radius 1 is 1.00 bits per heavy atom. The van der Waals surface area contributed by atoms with Gasteiger partial charge < -0.3 is 16.4 Å². The molecule has 0 spiro atoms. The molecule has 2 aromatic heterocycles. The van der Waals surface area contributed by atoms with Crippen molar-refractivity contribution in [3.05, 3.63) is 70.0 Å². The van der Waals surface area contributed by atoms with Crippen molar-refractivity contribution in [1.82, 2.24) is 4.98 Å². The molecule has 0 saturated heterocycles. The van der Waals surface area contributed by atoms with Gasteiger partial charge in [0.25, 0.3) is 11.8 Å². The van der Waals surface area contributed by atoms with Crippen molar-refractivity contribution in [2.45, 2.75) is 6.92 Å². The Labute approximate surface area is 169 Å². The molecule has 0 bridgehead atoms. The SMILES string of the molecule is Cc1ccc(C(=O)Nc2sc(Nc3ccc4ccccc4c3)nc2C(N)=O)s1. The predicted octanol–water partition coefficient (Wildman–Crippen LogP) is 4.76. The van der Waals surface area contributed by atoms with Crippen molar-refractivity contribution in [1.29, 1.82) is 0 Å². The van der Waals surface area contributed by atoms with Gasteiger partial charge in [0.15, 0.2) is 10.8 Å². The normalized spacial score (nSPS) is 10.8. The highest BCUT2D eigenvalue weighted by Gasteiger charge is 2.19. The van der Waals surface area contributed by atoms with Crippen LogP contribution in [0.15, 0.2) is 54.6 Å². The maximum Gasteiger partial charge on any atom is 0.270 e. The van der Waals surface area contributed by atoms with Gasteiger partial charge in [-0.1, -0.05) is 41.7 Å². The number of thiazole rings is 1. The van der Waals surface area contributed by atoms with Crippen molar-refractivity contribution >= 4 is 61.1 Å². The lowest BCUT2D eigenvalue weighted by Crippen LogP contribution is -2.16. The highest BCUT2D eigenvalue weighted by Crippen LogP contribution is 2.32. The number of nitrogens with one attached hydrogen (secondary N) is 2. The second-order valence-corrected chi connectivity index (χ2v) is 8.40. The summed E-state index contributed by atoms with van der Waals surface area (Å²) in [7, 11) is 0. The quantitative estimate of drug-likeness (QED) is 0.443. The van der Waals surface area contributed by atoms with Gasteiger partial charge in [0, 0.05) is 10.6 Å². The first kappa shape index (κ1) is 18.1. The molecule has 4 rings (SSSR count). The Balaban J connectivity index is 1.60. The van der Waals surface area contributed by atoms with E-state index in [1.807, 2.05) is 55.5 Å². The lowest BCUT2D eigenvalue weighted by molar-refractivity contribution is 0.0997. The summed E-state index contributed by atoms with van der Waals surface area (Å²) in [6.45, 7) is 1.93. The van der Waals surface area contributed by atoms with Crippen LogP contribution < -0.4 is 16.4 Å². The van der Waals surface area contributed by atoms with E-state index < -0.39 is 5.91 Å². The summed E-state index contributed by atoms with van der Waals surface area (Å²) in [5.74, 6) is -0.984. The van der Waals surface area contributed by atoms with E-state index in [-0.39, 0.29) is 11.6 Å². The van der Waals surface area contributed by atoms with Crippen molar-refractivity contribution in [2.75, 3.05) is 10.6 Å². The Morgan fingerprint density at radius 3 is 2.50 bits per heavy atom. The van der Waals surface area contributed by atoms with Gasteiger partial charge in [0.1, 0.15) is 5.00 Å². The molecular formula is C20H16N4O2S2. The molecule has 2 amide bonds. The van der Waals surface area contributed by atoms with Gasteiger partial charge in [0.05, 0.1) is 4.88 Å². The summed E-state index contributed by atoms with van der Waals surface area (Å²) in [6, 6.07) is 17.6. The molecule has 0 unspecified atom stereocenters. The minimum atomic E-state index is -0.694. The number of carbonyl (C=O) groups excluding carboxylic acids is 2. The fourth-order valence-corrected chi connectivity index (χ4v) is 4.39. The number of primary amides is 1. The maximum absolute atomic E-state index is 12.4. The number of rotatable bonds is 5. The molecule has 8 heteroatoms. The fourth-order valence-electron chi connectivity index (χ4n) is 2.74. The van der Waals surface area contributed by atoms with E-state index in [0.717, 1.165) is 21.3 Å². The number of anilines is 3. The van der Waals surface area contributed by atoms with Crippen LogP contribution in [-0.2, 0) is 0 Å². The lowest BCUT2D eigenvalue weighted by atomic mass is 10.1. The number of amides is 2. The Hall–Kier alpha value is -3.23. The first-order valence-electron chi connectivity index (χ1n) is 8.44. The number of thiophene rings is 1. The molecule has 0 aliphatic heterocycles. The molecule has 2 aromatic carbocycles. The van der Waals surface area contributed by atoms with Crippen LogP contribution >= 0.6 is 22.7 Å². The van der Waals surface area contributed by atoms with E-state index in [4.69, 9.17) is 5.73 Å². The smallest absolute Gasteiger partial charge is 0.270 e. The van der Waals surface area contributed by atoms with Crippen LogP contribution in [0.25, 0.3) is 10.8 Å². The second-order valence-electron chi connectivity index (χ2n) is 6.11. The number of nitrogens with zero attached hydrogens (tertiary/aromatic N) is 1. The maximum atomic E-state index is 12.4. The van der Waals surface area contributed by atoms with Crippen molar-refractivity contribution in [3.63, 3.8) is 0 Å². The fraction of sp³-hybridized carbons (Fsp3) is 0.0500. The first-order chi connectivity index (χ1) is 13.5. The number of hydrogen-bond acceptors (Lipinski definition) is 6. The Morgan fingerprint density at radius 2 is 1.79 bits per heavy atom. The second kappa shape index (κ2) is 7.41. The van der Waals surface area contributed by atoms with Gasteiger partial charge in [-0.05, 0) is 42.0 Å². The van der Waals surface area contributed by atoms with Crippen LogP contribution in [0.1, 0.15) is 25.0 Å². The third kappa shape index (κ3) is 3.73. The number of aryl methyl sites for hydroxylation is 1. The van der Waals surface area contributed by atoms with Crippen LogP contribution in [0, 0.1) is 6.92 Å². The van der Waals surface area contributed by atoms with Crippen LogP contribution in [0.3, 0.4) is 0 Å². The molecule has 4 N–H and O–H groups in total.